The maximum atomic E-state index is 14.1. The lowest BCUT2D eigenvalue weighted by Crippen LogP contribution is -2.43. The Morgan fingerprint density at radius 2 is 2.00 bits per heavy atom. The first kappa shape index (κ1) is 19.2. The van der Waals surface area contributed by atoms with E-state index in [1.54, 1.807) is 0 Å². The summed E-state index contributed by atoms with van der Waals surface area (Å²) in [5, 5.41) is 14.6. The van der Waals surface area contributed by atoms with Crippen LogP contribution in [0.5, 0.6) is 5.75 Å². The highest BCUT2D eigenvalue weighted by Crippen LogP contribution is 2.29. The van der Waals surface area contributed by atoms with Crippen LogP contribution in [0.4, 0.5) is 17.6 Å². The summed E-state index contributed by atoms with van der Waals surface area (Å²) in [4.78, 5) is 14.2. The molecule has 146 valence electrons. The van der Waals surface area contributed by atoms with Crippen LogP contribution < -0.4 is 0 Å². The number of rotatable bonds is 4. The van der Waals surface area contributed by atoms with Gasteiger partial charge in [-0.25, -0.2) is 4.39 Å². The number of alkyl halides is 3. The molecule has 3 rings (SSSR count). The van der Waals surface area contributed by atoms with Crippen molar-refractivity contribution in [1.82, 2.24) is 15.1 Å². The third kappa shape index (κ3) is 4.38. The minimum Gasteiger partial charge on any atom is -0.508 e. The molecule has 1 fully saturated rings. The average molecular weight is 387 g/mol. The van der Waals surface area contributed by atoms with Gasteiger partial charge in [0, 0.05) is 43.5 Å². The van der Waals surface area contributed by atoms with Crippen LogP contribution in [0.25, 0.3) is 0 Å². The monoisotopic (exact) mass is 387 g/mol. The van der Waals surface area contributed by atoms with Crippen LogP contribution in [0.3, 0.4) is 0 Å². The van der Waals surface area contributed by atoms with Gasteiger partial charge in [0.05, 0.1) is 0 Å². The van der Waals surface area contributed by atoms with Crippen molar-refractivity contribution >= 4 is 5.91 Å². The van der Waals surface area contributed by atoms with E-state index in [-0.39, 0.29) is 29.6 Å². The molecule has 0 aliphatic carbocycles. The standard InChI is InChI=1S/C17H17F4N3O3/c18-13-7-12(25)2-1-10(13)9-24(11-3-5-27-6-4-11)16(26)14-8-15(23-22-14)17(19,20)21/h1-2,7-8,11,25H,3-6,9H2,(H,22,23). The summed E-state index contributed by atoms with van der Waals surface area (Å²) in [6.45, 7) is 0.628. The van der Waals surface area contributed by atoms with Gasteiger partial charge in [0.25, 0.3) is 5.91 Å². The van der Waals surface area contributed by atoms with E-state index in [0.717, 1.165) is 6.07 Å². The molecular formula is C17H17F4N3O3. The van der Waals surface area contributed by atoms with E-state index >= 15 is 0 Å². The van der Waals surface area contributed by atoms with Gasteiger partial charge < -0.3 is 14.7 Å². The second kappa shape index (κ2) is 7.55. The fourth-order valence-electron chi connectivity index (χ4n) is 2.94. The largest absolute Gasteiger partial charge is 0.508 e. The van der Waals surface area contributed by atoms with E-state index in [2.05, 4.69) is 10.2 Å². The smallest absolute Gasteiger partial charge is 0.435 e. The van der Waals surface area contributed by atoms with Crippen molar-refractivity contribution in [3.63, 3.8) is 0 Å². The van der Waals surface area contributed by atoms with Crippen LogP contribution in [0.2, 0.25) is 0 Å². The molecule has 1 saturated heterocycles. The van der Waals surface area contributed by atoms with E-state index in [4.69, 9.17) is 4.74 Å². The normalized spacial score (nSPS) is 15.7. The third-order valence-corrected chi connectivity index (χ3v) is 4.37. The molecule has 10 heteroatoms. The van der Waals surface area contributed by atoms with Gasteiger partial charge in [0.1, 0.15) is 17.3 Å². The highest BCUT2D eigenvalue weighted by atomic mass is 19.4. The fraction of sp³-hybridized carbons (Fsp3) is 0.412. The van der Waals surface area contributed by atoms with Gasteiger partial charge in [-0.1, -0.05) is 6.07 Å². The molecule has 1 aromatic heterocycles. The number of H-pyrrole nitrogens is 1. The molecule has 2 aromatic rings. The number of amides is 1. The molecule has 0 saturated carbocycles. The predicted molar refractivity (Wildman–Crippen MR) is 85.4 cm³/mol. The summed E-state index contributed by atoms with van der Waals surface area (Å²) < 4.78 is 57.7. The Bertz CT molecular complexity index is 816. The number of aromatic hydroxyl groups is 1. The van der Waals surface area contributed by atoms with Crippen LogP contribution in [-0.4, -0.2) is 45.4 Å². The summed E-state index contributed by atoms with van der Waals surface area (Å²) in [6, 6.07) is 3.85. The van der Waals surface area contributed by atoms with Gasteiger partial charge >= 0.3 is 6.18 Å². The van der Waals surface area contributed by atoms with Crippen molar-refractivity contribution in [3.05, 3.63) is 47.0 Å². The number of nitrogens with one attached hydrogen (secondary N) is 1. The van der Waals surface area contributed by atoms with E-state index in [1.807, 2.05) is 0 Å². The quantitative estimate of drug-likeness (QED) is 0.791. The van der Waals surface area contributed by atoms with Gasteiger partial charge in [0.2, 0.25) is 0 Å². The lowest BCUT2D eigenvalue weighted by molar-refractivity contribution is -0.141. The number of phenolic OH excluding ortho intramolecular Hbond substituents is 1. The fourth-order valence-corrected chi connectivity index (χ4v) is 2.94. The number of ether oxygens (including phenoxy) is 1. The molecule has 27 heavy (non-hydrogen) atoms. The first-order valence-electron chi connectivity index (χ1n) is 8.24. The van der Waals surface area contributed by atoms with E-state index in [0.29, 0.717) is 32.1 Å². The Morgan fingerprint density at radius 1 is 1.30 bits per heavy atom. The molecule has 0 spiro atoms. The van der Waals surface area contributed by atoms with E-state index in [9.17, 15) is 27.5 Å². The number of benzene rings is 1. The van der Waals surface area contributed by atoms with Crippen molar-refractivity contribution < 1.29 is 32.2 Å². The van der Waals surface area contributed by atoms with Crippen LogP contribution >= 0.6 is 0 Å². The number of carbonyl (C=O) groups is 1. The summed E-state index contributed by atoms with van der Waals surface area (Å²) in [7, 11) is 0. The van der Waals surface area contributed by atoms with Gasteiger partial charge in [-0.3, -0.25) is 9.89 Å². The van der Waals surface area contributed by atoms with E-state index in [1.165, 1.54) is 17.0 Å². The molecule has 0 atom stereocenters. The first-order valence-corrected chi connectivity index (χ1v) is 8.24. The predicted octanol–water partition coefficient (Wildman–Crippen LogP) is 3.09. The van der Waals surface area contributed by atoms with Gasteiger partial charge in [-0.2, -0.15) is 18.3 Å². The Kier molecular flexibility index (Phi) is 5.36. The zero-order valence-corrected chi connectivity index (χ0v) is 14.1. The van der Waals surface area contributed by atoms with Crippen molar-refractivity contribution in [2.75, 3.05) is 13.2 Å². The number of nitrogens with zero attached hydrogens (tertiary/aromatic N) is 2. The Labute approximate surface area is 151 Å². The maximum absolute atomic E-state index is 14.1. The first-order chi connectivity index (χ1) is 12.8. The second-order valence-corrected chi connectivity index (χ2v) is 6.22. The molecule has 0 radical (unpaired) electrons. The molecular weight excluding hydrogens is 370 g/mol. The molecule has 1 amide bonds. The molecule has 0 bridgehead atoms. The number of hydrogen-bond donors (Lipinski definition) is 2. The molecule has 2 N–H and O–H groups in total. The maximum Gasteiger partial charge on any atom is 0.435 e. The number of hydrogen-bond acceptors (Lipinski definition) is 4. The number of aromatic nitrogens is 2. The molecule has 1 aromatic carbocycles. The van der Waals surface area contributed by atoms with Crippen molar-refractivity contribution in [1.29, 1.82) is 0 Å². The van der Waals surface area contributed by atoms with Crippen molar-refractivity contribution in [2.45, 2.75) is 31.6 Å². The molecule has 1 aliphatic heterocycles. The summed E-state index contributed by atoms with van der Waals surface area (Å²) in [5.41, 5.74) is -1.38. The van der Waals surface area contributed by atoms with Crippen LogP contribution in [0, 0.1) is 5.82 Å². The van der Waals surface area contributed by atoms with Crippen molar-refractivity contribution in [2.24, 2.45) is 0 Å². The van der Waals surface area contributed by atoms with Crippen LogP contribution in [0.15, 0.2) is 24.3 Å². The molecule has 0 unspecified atom stereocenters. The zero-order valence-electron chi connectivity index (χ0n) is 14.1. The summed E-state index contributed by atoms with van der Waals surface area (Å²) in [5.74, 6) is -1.68. The second-order valence-electron chi connectivity index (χ2n) is 6.22. The van der Waals surface area contributed by atoms with Crippen LogP contribution in [0.1, 0.15) is 34.6 Å². The molecule has 1 aliphatic rings. The number of carbonyl (C=O) groups excluding carboxylic acids is 1. The lowest BCUT2D eigenvalue weighted by atomic mass is 10.0. The Morgan fingerprint density at radius 3 is 2.59 bits per heavy atom. The lowest BCUT2D eigenvalue weighted by Gasteiger charge is -2.34. The summed E-state index contributed by atoms with van der Waals surface area (Å²) >= 11 is 0. The Hall–Kier alpha value is -2.62. The van der Waals surface area contributed by atoms with Crippen molar-refractivity contribution in [3.8, 4) is 5.75 Å². The van der Waals surface area contributed by atoms with Gasteiger partial charge in [-0.15, -0.1) is 0 Å². The zero-order chi connectivity index (χ0) is 19.6. The Balaban J connectivity index is 1.89. The highest BCUT2D eigenvalue weighted by Gasteiger charge is 2.36. The number of halogens is 4. The van der Waals surface area contributed by atoms with Gasteiger partial charge in [0.15, 0.2) is 5.69 Å². The third-order valence-electron chi connectivity index (χ3n) is 4.37. The minimum atomic E-state index is -4.68. The van der Waals surface area contributed by atoms with Crippen LogP contribution in [-0.2, 0) is 17.5 Å². The molecule has 6 nitrogen and oxygen atoms in total. The SMILES string of the molecule is O=C(c1cc(C(F)(F)F)n[nH]1)N(Cc1ccc(O)cc1F)C1CCOCC1. The van der Waals surface area contributed by atoms with Gasteiger partial charge in [-0.05, 0) is 18.9 Å². The average Bonchev–Trinajstić information content (AvgIpc) is 3.12. The highest BCUT2D eigenvalue weighted by molar-refractivity contribution is 5.92. The van der Waals surface area contributed by atoms with E-state index < -0.39 is 23.6 Å². The minimum absolute atomic E-state index is 0.142. The number of aromatic amines is 1. The molecule has 2 heterocycles. The summed E-state index contributed by atoms with van der Waals surface area (Å²) in [6.07, 6.45) is -3.72. The number of phenols is 1. The topological polar surface area (TPSA) is 78.5 Å².